The van der Waals surface area contributed by atoms with Gasteiger partial charge in [0.2, 0.25) is 0 Å². The summed E-state index contributed by atoms with van der Waals surface area (Å²) in [5.41, 5.74) is 1.99. The molecule has 0 aromatic heterocycles. The first-order valence-corrected chi connectivity index (χ1v) is 8.59. The lowest BCUT2D eigenvalue weighted by molar-refractivity contribution is -0.142. The molecule has 25 heavy (non-hydrogen) atoms. The number of rotatable bonds is 10. The van der Waals surface area contributed by atoms with Crippen LogP contribution in [0.3, 0.4) is 0 Å². The minimum absolute atomic E-state index is 0.478. The monoisotopic (exact) mass is 340 g/mol. The Hall–Kier alpha value is -2.62. The molecule has 2 rings (SSSR count). The summed E-state index contributed by atoms with van der Waals surface area (Å²) in [4.78, 5) is 23.0. The molecular weight excluding hydrogens is 316 g/mol. The second-order valence-corrected chi connectivity index (χ2v) is 6.38. The Morgan fingerprint density at radius 2 is 1.04 bits per heavy atom. The van der Waals surface area contributed by atoms with Gasteiger partial charge in [0.15, 0.2) is 0 Å². The molecule has 0 aliphatic carbocycles. The molecule has 0 spiro atoms. The molecule has 0 bridgehead atoms. The van der Waals surface area contributed by atoms with E-state index in [-0.39, 0.29) is 0 Å². The molecule has 0 fully saturated rings. The van der Waals surface area contributed by atoms with Crippen LogP contribution in [0.4, 0.5) is 0 Å². The van der Waals surface area contributed by atoms with Gasteiger partial charge >= 0.3 is 11.9 Å². The lowest BCUT2D eigenvalue weighted by Crippen LogP contribution is -2.19. The predicted octanol–water partition coefficient (Wildman–Crippen LogP) is 4.04. The first-order valence-electron chi connectivity index (χ1n) is 8.59. The van der Waals surface area contributed by atoms with E-state index in [9.17, 15) is 19.8 Å². The van der Waals surface area contributed by atoms with E-state index < -0.39 is 23.8 Å². The molecule has 2 unspecified atom stereocenters. The van der Waals surface area contributed by atoms with E-state index in [1.54, 1.807) is 0 Å². The first-order chi connectivity index (χ1) is 12.1. The zero-order valence-corrected chi connectivity index (χ0v) is 14.2. The van der Waals surface area contributed by atoms with E-state index in [1.165, 1.54) is 0 Å². The van der Waals surface area contributed by atoms with Gasteiger partial charge < -0.3 is 10.2 Å². The van der Waals surface area contributed by atoms with Gasteiger partial charge in [-0.1, -0.05) is 67.1 Å². The van der Waals surface area contributed by atoms with Crippen molar-refractivity contribution in [3.05, 3.63) is 71.8 Å². The van der Waals surface area contributed by atoms with Gasteiger partial charge in [-0.2, -0.15) is 0 Å². The average molecular weight is 340 g/mol. The van der Waals surface area contributed by atoms with Crippen molar-refractivity contribution in [3.8, 4) is 0 Å². The van der Waals surface area contributed by atoms with Crippen LogP contribution in [-0.4, -0.2) is 22.2 Å². The van der Waals surface area contributed by atoms with Gasteiger partial charge in [0, 0.05) is 0 Å². The maximum Gasteiger partial charge on any atom is 0.306 e. The Labute approximate surface area is 148 Å². The fourth-order valence-electron chi connectivity index (χ4n) is 3.03. The van der Waals surface area contributed by atoms with Crippen LogP contribution in [0.5, 0.6) is 0 Å². The molecule has 0 aliphatic heterocycles. The van der Waals surface area contributed by atoms with Gasteiger partial charge in [-0.15, -0.1) is 0 Å². The second-order valence-electron chi connectivity index (χ2n) is 6.38. The summed E-state index contributed by atoms with van der Waals surface area (Å²) < 4.78 is 0. The van der Waals surface area contributed by atoms with Crippen molar-refractivity contribution in [3.63, 3.8) is 0 Å². The molecule has 2 N–H and O–H groups in total. The quantitative estimate of drug-likeness (QED) is 0.684. The molecule has 0 radical (unpaired) electrons. The highest BCUT2D eigenvalue weighted by Crippen LogP contribution is 2.20. The number of benzene rings is 2. The van der Waals surface area contributed by atoms with E-state index in [2.05, 4.69) is 0 Å². The fourth-order valence-corrected chi connectivity index (χ4v) is 3.03. The van der Waals surface area contributed by atoms with Crippen LogP contribution in [-0.2, 0) is 22.4 Å². The van der Waals surface area contributed by atoms with Crippen molar-refractivity contribution in [2.24, 2.45) is 11.8 Å². The SMILES string of the molecule is O=C(O)C(CCCC(Cc1ccccc1)C(=O)O)Cc1ccccc1. The molecule has 0 heterocycles. The van der Waals surface area contributed by atoms with Gasteiger partial charge in [0.25, 0.3) is 0 Å². The zero-order valence-electron chi connectivity index (χ0n) is 14.2. The van der Waals surface area contributed by atoms with Crippen molar-refractivity contribution in [2.45, 2.75) is 32.1 Å². The summed E-state index contributed by atoms with van der Waals surface area (Å²) in [6.07, 6.45) is 2.53. The van der Waals surface area contributed by atoms with Gasteiger partial charge in [0.1, 0.15) is 0 Å². The molecule has 4 nitrogen and oxygen atoms in total. The lowest BCUT2D eigenvalue weighted by Gasteiger charge is -2.15. The normalized spacial score (nSPS) is 13.1. The molecule has 132 valence electrons. The summed E-state index contributed by atoms with van der Waals surface area (Å²) in [5, 5.41) is 18.9. The third-order valence-corrected chi connectivity index (χ3v) is 4.45. The van der Waals surface area contributed by atoms with Crippen molar-refractivity contribution in [2.75, 3.05) is 0 Å². The molecule has 0 saturated heterocycles. The van der Waals surface area contributed by atoms with E-state index in [0.717, 1.165) is 11.1 Å². The Kier molecular flexibility index (Phi) is 7.20. The number of hydrogen-bond acceptors (Lipinski definition) is 2. The van der Waals surface area contributed by atoms with Crippen molar-refractivity contribution < 1.29 is 19.8 Å². The Bertz CT molecular complexity index is 607. The maximum atomic E-state index is 11.5. The van der Waals surface area contributed by atoms with E-state index in [4.69, 9.17) is 0 Å². The maximum absolute atomic E-state index is 11.5. The standard InChI is InChI=1S/C21H24O4/c22-20(23)18(14-16-8-3-1-4-9-16)12-7-13-19(21(24)25)15-17-10-5-2-6-11-17/h1-6,8-11,18-19H,7,12-15H2,(H,22,23)(H,24,25). The zero-order chi connectivity index (χ0) is 18.1. The largest absolute Gasteiger partial charge is 0.481 e. The van der Waals surface area contributed by atoms with Crippen LogP contribution in [0.25, 0.3) is 0 Å². The minimum Gasteiger partial charge on any atom is -0.481 e. The Morgan fingerprint density at radius 3 is 1.36 bits per heavy atom. The highest BCUT2D eigenvalue weighted by molar-refractivity contribution is 5.71. The third-order valence-electron chi connectivity index (χ3n) is 4.45. The van der Waals surface area contributed by atoms with Gasteiger partial charge in [0.05, 0.1) is 11.8 Å². The van der Waals surface area contributed by atoms with Crippen LogP contribution in [0, 0.1) is 11.8 Å². The topological polar surface area (TPSA) is 74.6 Å². The lowest BCUT2D eigenvalue weighted by atomic mass is 9.89. The number of hydrogen-bond donors (Lipinski definition) is 2. The Balaban J connectivity index is 1.88. The molecule has 2 aromatic carbocycles. The predicted molar refractivity (Wildman–Crippen MR) is 96.4 cm³/mol. The summed E-state index contributed by atoms with van der Waals surface area (Å²) in [7, 11) is 0. The number of aliphatic carboxylic acids is 2. The molecule has 0 saturated carbocycles. The minimum atomic E-state index is -0.821. The van der Waals surface area contributed by atoms with Crippen LogP contribution in [0.1, 0.15) is 30.4 Å². The molecule has 4 heteroatoms. The highest BCUT2D eigenvalue weighted by Gasteiger charge is 2.21. The first kappa shape index (κ1) is 18.7. The van der Waals surface area contributed by atoms with E-state index in [1.807, 2.05) is 60.7 Å². The molecule has 2 atom stereocenters. The second kappa shape index (κ2) is 9.62. The van der Waals surface area contributed by atoms with Crippen LogP contribution in [0.15, 0.2) is 60.7 Å². The summed E-state index contributed by atoms with van der Waals surface area (Å²) in [5.74, 6) is -2.60. The van der Waals surface area contributed by atoms with Crippen LogP contribution in [0.2, 0.25) is 0 Å². The molecule has 0 aliphatic rings. The van der Waals surface area contributed by atoms with Crippen molar-refractivity contribution in [1.29, 1.82) is 0 Å². The average Bonchev–Trinajstić information content (AvgIpc) is 2.61. The summed E-state index contributed by atoms with van der Waals surface area (Å²) >= 11 is 0. The third kappa shape index (κ3) is 6.42. The van der Waals surface area contributed by atoms with Crippen LogP contribution >= 0.6 is 0 Å². The fraction of sp³-hybridized carbons (Fsp3) is 0.333. The van der Waals surface area contributed by atoms with Gasteiger partial charge in [-0.25, -0.2) is 0 Å². The van der Waals surface area contributed by atoms with E-state index >= 15 is 0 Å². The smallest absolute Gasteiger partial charge is 0.306 e. The molecule has 2 aromatic rings. The summed E-state index contributed by atoms with van der Waals surface area (Å²) in [6.45, 7) is 0. The van der Waals surface area contributed by atoms with Crippen molar-refractivity contribution >= 4 is 11.9 Å². The number of carboxylic acids is 2. The highest BCUT2D eigenvalue weighted by atomic mass is 16.4. The molecular formula is C21H24O4. The van der Waals surface area contributed by atoms with Crippen LogP contribution < -0.4 is 0 Å². The number of carbonyl (C=O) groups is 2. The van der Waals surface area contributed by atoms with Gasteiger partial charge in [-0.05, 0) is 36.8 Å². The summed E-state index contributed by atoms with van der Waals surface area (Å²) in [6, 6.07) is 19.1. The molecule has 0 amide bonds. The number of carboxylic acid groups (broad SMARTS) is 2. The van der Waals surface area contributed by atoms with Gasteiger partial charge in [-0.3, -0.25) is 9.59 Å². The van der Waals surface area contributed by atoms with E-state index in [0.29, 0.717) is 32.1 Å². The van der Waals surface area contributed by atoms with Crippen molar-refractivity contribution in [1.82, 2.24) is 0 Å². The Morgan fingerprint density at radius 1 is 0.680 bits per heavy atom.